The van der Waals surface area contributed by atoms with Crippen LogP contribution in [0.25, 0.3) is 0 Å². The molecule has 9 nitrogen and oxygen atoms in total. The molecule has 0 saturated carbocycles. The predicted molar refractivity (Wildman–Crippen MR) is 134 cm³/mol. The smallest absolute Gasteiger partial charge is 0.423 e. The number of anilines is 1. The van der Waals surface area contributed by atoms with E-state index in [1.165, 1.54) is 4.31 Å². The van der Waals surface area contributed by atoms with Crippen molar-refractivity contribution in [2.24, 2.45) is 0 Å². The van der Waals surface area contributed by atoms with Gasteiger partial charge in [0.25, 0.3) is 0 Å². The number of ether oxygens (including phenoxy) is 2. The van der Waals surface area contributed by atoms with E-state index in [4.69, 9.17) is 9.47 Å². The fourth-order valence-electron chi connectivity index (χ4n) is 5.10. The Balaban J connectivity index is 1.20. The van der Waals surface area contributed by atoms with Crippen LogP contribution in [-0.2, 0) is 20.9 Å². The second-order valence-electron chi connectivity index (χ2n) is 9.95. The molecular formula is C25H32F3N5O4S. The van der Waals surface area contributed by atoms with Crippen LogP contribution < -0.4 is 15.4 Å². The topological polar surface area (TPSA) is 106 Å². The molecule has 1 aromatic carbocycles. The lowest BCUT2D eigenvalue weighted by Gasteiger charge is -2.32. The Morgan fingerprint density at radius 3 is 2.50 bits per heavy atom. The number of alkyl halides is 3. The van der Waals surface area contributed by atoms with Crippen molar-refractivity contribution in [3.63, 3.8) is 0 Å². The molecule has 0 aliphatic carbocycles. The maximum absolute atomic E-state index is 13.4. The van der Waals surface area contributed by atoms with E-state index in [-0.39, 0.29) is 36.6 Å². The van der Waals surface area contributed by atoms with Gasteiger partial charge in [0.15, 0.2) is 0 Å². The van der Waals surface area contributed by atoms with Crippen molar-refractivity contribution in [1.29, 1.82) is 0 Å². The summed E-state index contributed by atoms with van der Waals surface area (Å²) in [4.78, 5) is 8.11. The van der Waals surface area contributed by atoms with Gasteiger partial charge in [-0.3, -0.25) is 0 Å². The van der Waals surface area contributed by atoms with Gasteiger partial charge in [0.05, 0.1) is 18.1 Å². The SMILES string of the molecule is O=S(=O)(c1ccc(C2CCCNC2)cc1)N1CCC(Nc2ncc(C(F)(F)F)c(OC3CCOC3)n2)CC1. The third kappa shape index (κ3) is 6.22. The summed E-state index contributed by atoms with van der Waals surface area (Å²) in [5.74, 6) is -0.119. The van der Waals surface area contributed by atoms with Gasteiger partial charge in [-0.05, 0) is 55.8 Å². The van der Waals surface area contributed by atoms with Crippen molar-refractivity contribution in [2.75, 3.05) is 44.7 Å². The molecule has 0 radical (unpaired) electrons. The predicted octanol–water partition coefficient (Wildman–Crippen LogP) is 3.40. The molecule has 0 spiro atoms. The number of halogens is 3. The number of rotatable bonds is 7. The molecule has 2 atom stereocenters. The van der Waals surface area contributed by atoms with Gasteiger partial charge in [-0.25, -0.2) is 13.4 Å². The number of nitrogens with zero attached hydrogens (tertiary/aromatic N) is 3. The number of hydrogen-bond donors (Lipinski definition) is 2. The third-order valence-corrected chi connectivity index (χ3v) is 9.21. The Morgan fingerprint density at radius 2 is 1.87 bits per heavy atom. The zero-order valence-corrected chi connectivity index (χ0v) is 21.7. The minimum atomic E-state index is -4.65. The molecular weight excluding hydrogens is 523 g/mol. The highest BCUT2D eigenvalue weighted by Gasteiger charge is 2.38. The standard InChI is InChI=1S/C25H32F3N5O4S/c26-25(27,28)22-15-30-24(32-23(22)37-20-9-13-36-16-20)31-19-7-11-33(12-8-19)38(34,35)21-5-3-17(4-6-21)18-2-1-10-29-14-18/h3-6,15,18-20,29H,1-2,7-14,16H2,(H,30,31,32). The van der Waals surface area contributed by atoms with Crippen molar-refractivity contribution in [3.8, 4) is 5.88 Å². The largest absolute Gasteiger partial charge is 0.471 e. The minimum absolute atomic E-state index is 0.0148. The van der Waals surface area contributed by atoms with Crippen molar-refractivity contribution >= 4 is 16.0 Å². The first-order valence-electron chi connectivity index (χ1n) is 13.0. The molecule has 2 aromatic rings. The first kappa shape index (κ1) is 27.1. The highest BCUT2D eigenvalue weighted by atomic mass is 32.2. The quantitative estimate of drug-likeness (QED) is 0.536. The molecule has 5 rings (SSSR count). The Hall–Kier alpha value is -2.48. The molecule has 1 aromatic heterocycles. The van der Waals surface area contributed by atoms with E-state index >= 15 is 0 Å². The van der Waals surface area contributed by atoms with Crippen molar-refractivity contribution in [2.45, 2.75) is 61.2 Å². The van der Waals surface area contributed by atoms with Gasteiger partial charge >= 0.3 is 6.18 Å². The number of nitrogens with one attached hydrogen (secondary N) is 2. The summed E-state index contributed by atoms with van der Waals surface area (Å²) in [6, 6.07) is 6.96. The van der Waals surface area contributed by atoms with Gasteiger partial charge in [0.1, 0.15) is 11.7 Å². The van der Waals surface area contributed by atoms with Gasteiger partial charge in [0.2, 0.25) is 21.9 Å². The zero-order valence-electron chi connectivity index (χ0n) is 20.9. The Kier molecular flexibility index (Phi) is 8.08. The molecule has 2 unspecified atom stereocenters. The summed E-state index contributed by atoms with van der Waals surface area (Å²) in [6.07, 6.45) is -0.839. The molecule has 38 heavy (non-hydrogen) atoms. The fourth-order valence-corrected chi connectivity index (χ4v) is 6.57. The lowest BCUT2D eigenvalue weighted by atomic mass is 9.92. The van der Waals surface area contributed by atoms with Crippen LogP contribution in [0.3, 0.4) is 0 Å². The molecule has 208 valence electrons. The summed E-state index contributed by atoms with van der Waals surface area (Å²) >= 11 is 0. The minimum Gasteiger partial charge on any atom is -0.471 e. The second kappa shape index (κ2) is 11.3. The summed E-state index contributed by atoms with van der Waals surface area (Å²) in [5, 5.41) is 6.43. The van der Waals surface area contributed by atoms with Gasteiger partial charge in [-0.15, -0.1) is 0 Å². The number of aromatic nitrogens is 2. The second-order valence-corrected chi connectivity index (χ2v) is 11.9. The normalized spacial score (nSPS) is 23.9. The van der Waals surface area contributed by atoms with Crippen molar-refractivity contribution in [1.82, 2.24) is 19.6 Å². The summed E-state index contributed by atoms with van der Waals surface area (Å²) in [6.45, 7) is 3.10. The molecule has 2 N–H and O–H groups in total. The van der Waals surface area contributed by atoms with E-state index in [1.54, 1.807) is 12.1 Å². The van der Waals surface area contributed by atoms with Crippen LogP contribution in [0.1, 0.15) is 49.1 Å². The van der Waals surface area contributed by atoms with Crippen LogP contribution in [0.5, 0.6) is 5.88 Å². The fraction of sp³-hybridized carbons (Fsp3) is 0.600. The average molecular weight is 556 g/mol. The van der Waals surface area contributed by atoms with Crippen LogP contribution in [0.15, 0.2) is 35.4 Å². The van der Waals surface area contributed by atoms with E-state index in [1.807, 2.05) is 12.1 Å². The number of hydrogen-bond acceptors (Lipinski definition) is 8. The molecule has 0 amide bonds. The van der Waals surface area contributed by atoms with Crippen LogP contribution in [0, 0.1) is 0 Å². The first-order chi connectivity index (χ1) is 18.2. The molecule has 0 bridgehead atoms. The molecule has 3 aliphatic rings. The van der Waals surface area contributed by atoms with E-state index in [9.17, 15) is 21.6 Å². The zero-order chi connectivity index (χ0) is 26.8. The van der Waals surface area contributed by atoms with E-state index < -0.39 is 33.7 Å². The summed E-state index contributed by atoms with van der Waals surface area (Å²) in [7, 11) is -3.65. The van der Waals surface area contributed by atoms with Gasteiger partial charge < -0.3 is 20.1 Å². The van der Waals surface area contributed by atoms with Crippen LogP contribution in [0.4, 0.5) is 19.1 Å². The number of benzene rings is 1. The van der Waals surface area contributed by atoms with Gasteiger partial charge in [-0.2, -0.15) is 22.5 Å². The van der Waals surface area contributed by atoms with Gasteiger partial charge in [0, 0.05) is 38.3 Å². The van der Waals surface area contributed by atoms with E-state index in [0.29, 0.717) is 38.0 Å². The molecule has 3 saturated heterocycles. The Bertz CT molecular complexity index is 1190. The Morgan fingerprint density at radius 1 is 1.11 bits per heavy atom. The first-order valence-corrected chi connectivity index (χ1v) is 14.4. The number of sulfonamides is 1. The van der Waals surface area contributed by atoms with Crippen LogP contribution in [0.2, 0.25) is 0 Å². The molecule has 3 aliphatic heterocycles. The summed E-state index contributed by atoms with van der Waals surface area (Å²) < 4.78 is 78.9. The van der Waals surface area contributed by atoms with E-state index in [0.717, 1.165) is 31.5 Å². The maximum Gasteiger partial charge on any atom is 0.423 e. The summed E-state index contributed by atoms with van der Waals surface area (Å²) in [5.41, 5.74) is 0.0982. The third-order valence-electron chi connectivity index (χ3n) is 7.30. The lowest BCUT2D eigenvalue weighted by molar-refractivity contribution is -0.139. The number of piperidine rings is 2. The monoisotopic (exact) mass is 555 g/mol. The Labute approximate surface area is 220 Å². The molecule has 3 fully saturated rings. The van der Waals surface area contributed by atoms with Crippen LogP contribution in [-0.4, -0.2) is 74.2 Å². The lowest BCUT2D eigenvalue weighted by Crippen LogP contribution is -2.42. The van der Waals surface area contributed by atoms with Crippen molar-refractivity contribution < 1.29 is 31.1 Å². The maximum atomic E-state index is 13.4. The molecule has 4 heterocycles. The highest BCUT2D eigenvalue weighted by molar-refractivity contribution is 7.89. The molecule has 13 heteroatoms. The van der Waals surface area contributed by atoms with Gasteiger partial charge in [-0.1, -0.05) is 12.1 Å². The highest BCUT2D eigenvalue weighted by Crippen LogP contribution is 2.36. The van der Waals surface area contributed by atoms with Crippen molar-refractivity contribution in [3.05, 3.63) is 41.6 Å². The van der Waals surface area contributed by atoms with Crippen LogP contribution >= 0.6 is 0 Å². The van der Waals surface area contributed by atoms with E-state index in [2.05, 4.69) is 20.6 Å². The average Bonchev–Trinajstić information content (AvgIpc) is 3.42.